The second-order valence-corrected chi connectivity index (χ2v) is 3.25. The van der Waals surface area contributed by atoms with Crippen molar-refractivity contribution in [2.75, 3.05) is 19.8 Å². The fourth-order valence-corrected chi connectivity index (χ4v) is 0.900. The number of amides is 1. The molecule has 0 heterocycles. The maximum atomic E-state index is 12.6. The molecule has 0 fully saturated rings. The van der Waals surface area contributed by atoms with Gasteiger partial charge in [0.25, 0.3) is 0 Å². The molecule has 0 aliphatic rings. The molecule has 106 valence electrons. The van der Waals surface area contributed by atoms with Crippen LogP contribution in [0.1, 0.15) is 13.8 Å². The molecule has 1 amide bonds. The molecule has 0 saturated carbocycles. The summed E-state index contributed by atoms with van der Waals surface area (Å²) in [5.41, 5.74) is -3.20. The molecule has 0 rings (SSSR count). The molecule has 18 heavy (non-hydrogen) atoms. The number of carbonyl (C=O) groups excluding carboxylic acids is 1. The van der Waals surface area contributed by atoms with Crippen LogP contribution >= 0.6 is 0 Å². The molecule has 0 bridgehead atoms. The van der Waals surface area contributed by atoms with Crippen LogP contribution in [0.25, 0.3) is 0 Å². The van der Waals surface area contributed by atoms with Crippen LogP contribution in [0.5, 0.6) is 0 Å². The van der Waals surface area contributed by atoms with Gasteiger partial charge in [-0.05, 0) is 19.9 Å². The second-order valence-electron chi connectivity index (χ2n) is 3.25. The first-order valence-corrected chi connectivity index (χ1v) is 5.26. The van der Waals surface area contributed by atoms with Gasteiger partial charge in [0.1, 0.15) is 0 Å². The Balaban J connectivity index is 4.64. The second kappa shape index (κ2) is 7.10. The number of aliphatic hydroxyl groups is 1. The lowest BCUT2D eigenvalue weighted by atomic mass is 10.0. The summed E-state index contributed by atoms with van der Waals surface area (Å²) in [5.74, 6) is 0. The van der Waals surface area contributed by atoms with E-state index < -0.39 is 24.4 Å². The number of nitrogens with one attached hydrogen (secondary N) is 1. The highest BCUT2D eigenvalue weighted by atomic mass is 19.4. The Labute approximate surface area is 103 Å². The monoisotopic (exact) mass is 271 g/mol. The third kappa shape index (κ3) is 5.26. The van der Waals surface area contributed by atoms with Gasteiger partial charge in [-0.1, -0.05) is 0 Å². The van der Waals surface area contributed by atoms with Crippen molar-refractivity contribution >= 4 is 6.09 Å². The normalized spacial score (nSPS) is 15.2. The number of alkyl halides is 3. The highest BCUT2D eigenvalue weighted by molar-refractivity contribution is 5.67. The van der Waals surface area contributed by atoms with Crippen LogP contribution in [0.4, 0.5) is 18.0 Å². The van der Waals surface area contributed by atoms with Crippen molar-refractivity contribution in [2.24, 2.45) is 0 Å². The molecule has 0 radical (unpaired) electrons. The predicted molar refractivity (Wildman–Crippen MR) is 56.8 cm³/mol. The Kier molecular flexibility index (Phi) is 6.53. The van der Waals surface area contributed by atoms with E-state index in [2.05, 4.69) is 9.47 Å². The van der Waals surface area contributed by atoms with E-state index in [0.717, 1.165) is 6.26 Å². The first kappa shape index (κ1) is 16.6. The lowest BCUT2D eigenvalue weighted by Crippen LogP contribution is -2.52. The fourth-order valence-electron chi connectivity index (χ4n) is 0.900. The molecule has 2 N–H and O–H groups in total. The van der Waals surface area contributed by atoms with Crippen LogP contribution in [-0.2, 0) is 9.47 Å². The lowest BCUT2D eigenvalue weighted by Gasteiger charge is -2.27. The summed E-state index contributed by atoms with van der Waals surface area (Å²) in [6, 6.07) is 0. The minimum atomic E-state index is -4.94. The van der Waals surface area contributed by atoms with Crippen LogP contribution in [0.2, 0.25) is 0 Å². The lowest BCUT2D eigenvalue weighted by molar-refractivity contribution is -0.237. The molecule has 0 spiro atoms. The van der Waals surface area contributed by atoms with E-state index in [9.17, 15) is 23.1 Å². The Morgan fingerprint density at radius 2 is 1.94 bits per heavy atom. The summed E-state index contributed by atoms with van der Waals surface area (Å²) in [5, 5.41) is 11.2. The number of rotatable bonds is 6. The van der Waals surface area contributed by atoms with Gasteiger partial charge in [0, 0.05) is 0 Å². The number of halogens is 3. The predicted octanol–water partition coefficient (Wildman–Crippen LogP) is 1.58. The molecule has 1 atom stereocenters. The third-order valence-electron chi connectivity index (χ3n) is 1.88. The van der Waals surface area contributed by atoms with E-state index in [4.69, 9.17) is 0 Å². The van der Waals surface area contributed by atoms with Crippen molar-refractivity contribution in [3.63, 3.8) is 0 Å². The standard InChI is InChI=1S/C10H16F3NO4/c1-3-17-6-5-9(16,10(11,12)13)7-14-8(15)18-4-2/h5-6,16H,3-4,7H2,1-2H3,(H,14,15). The minimum absolute atomic E-state index is 0.0189. The van der Waals surface area contributed by atoms with E-state index in [1.807, 2.05) is 5.32 Å². The van der Waals surface area contributed by atoms with Crippen LogP contribution in [0, 0.1) is 0 Å². The highest BCUT2D eigenvalue weighted by Crippen LogP contribution is 2.31. The van der Waals surface area contributed by atoms with Crippen LogP contribution in [0.3, 0.4) is 0 Å². The van der Waals surface area contributed by atoms with Crippen molar-refractivity contribution in [1.29, 1.82) is 0 Å². The molecule has 0 aromatic rings. The first-order valence-electron chi connectivity index (χ1n) is 5.26. The van der Waals surface area contributed by atoms with Crippen molar-refractivity contribution < 1.29 is 32.5 Å². The average molecular weight is 271 g/mol. The minimum Gasteiger partial charge on any atom is -0.502 e. The van der Waals surface area contributed by atoms with Gasteiger partial charge < -0.3 is 19.9 Å². The Hall–Kier alpha value is -1.44. The summed E-state index contributed by atoms with van der Waals surface area (Å²) in [7, 11) is 0. The fraction of sp³-hybridized carbons (Fsp3) is 0.700. The van der Waals surface area contributed by atoms with Gasteiger partial charge in [0.2, 0.25) is 0 Å². The molecule has 5 nitrogen and oxygen atoms in total. The molecule has 0 aliphatic heterocycles. The maximum Gasteiger partial charge on any atom is 0.422 e. The summed E-state index contributed by atoms with van der Waals surface area (Å²) in [4.78, 5) is 10.9. The summed E-state index contributed by atoms with van der Waals surface area (Å²) >= 11 is 0. The summed E-state index contributed by atoms with van der Waals surface area (Å²) in [6.45, 7) is 2.21. The molecule has 8 heteroatoms. The SMILES string of the molecule is CCOC=CC(O)(CNC(=O)OCC)C(F)(F)F. The van der Waals surface area contributed by atoms with E-state index in [0.29, 0.717) is 6.08 Å². The number of hydrogen-bond donors (Lipinski definition) is 2. The van der Waals surface area contributed by atoms with Gasteiger partial charge in [-0.15, -0.1) is 0 Å². The van der Waals surface area contributed by atoms with Crippen LogP contribution < -0.4 is 5.32 Å². The van der Waals surface area contributed by atoms with Crippen molar-refractivity contribution in [3.8, 4) is 0 Å². The van der Waals surface area contributed by atoms with Gasteiger partial charge in [0.15, 0.2) is 5.60 Å². The smallest absolute Gasteiger partial charge is 0.422 e. The summed E-state index contributed by atoms with van der Waals surface area (Å²) < 4.78 is 46.8. The topological polar surface area (TPSA) is 67.8 Å². The molecular weight excluding hydrogens is 255 g/mol. The Morgan fingerprint density at radius 3 is 2.39 bits per heavy atom. The largest absolute Gasteiger partial charge is 0.502 e. The van der Waals surface area contributed by atoms with Gasteiger partial charge in [-0.2, -0.15) is 13.2 Å². The zero-order valence-corrected chi connectivity index (χ0v) is 10.1. The van der Waals surface area contributed by atoms with Crippen molar-refractivity contribution in [1.82, 2.24) is 5.32 Å². The van der Waals surface area contributed by atoms with Crippen molar-refractivity contribution in [3.05, 3.63) is 12.3 Å². The number of alkyl carbamates (subject to hydrolysis) is 1. The van der Waals surface area contributed by atoms with Gasteiger partial charge in [0.05, 0.1) is 26.0 Å². The highest BCUT2D eigenvalue weighted by Gasteiger charge is 2.52. The summed E-state index contributed by atoms with van der Waals surface area (Å²) in [6.07, 6.45) is -4.81. The molecular formula is C10H16F3NO4. The van der Waals surface area contributed by atoms with E-state index in [-0.39, 0.29) is 13.2 Å². The first-order chi connectivity index (χ1) is 8.27. The van der Waals surface area contributed by atoms with Crippen molar-refractivity contribution in [2.45, 2.75) is 25.6 Å². The number of ether oxygens (including phenoxy) is 2. The quantitative estimate of drug-likeness (QED) is 0.720. The number of carbonyl (C=O) groups is 1. The third-order valence-corrected chi connectivity index (χ3v) is 1.88. The molecule has 0 aromatic carbocycles. The van der Waals surface area contributed by atoms with Crippen LogP contribution in [-0.4, -0.2) is 42.7 Å². The molecule has 0 aromatic heterocycles. The van der Waals surface area contributed by atoms with Gasteiger partial charge in [-0.3, -0.25) is 0 Å². The Bertz CT molecular complexity index is 293. The zero-order chi connectivity index (χ0) is 14.2. The van der Waals surface area contributed by atoms with Gasteiger partial charge in [-0.25, -0.2) is 4.79 Å². The van der Waals surface area contributed by atoms with E-state index in [1.54, 1.807) is 6.92 Å². The maximum absolute atomic E-state index is 12.6. The Morgan fingerprint density at radius 1 is 1.33 bits per heavy atom. The molecule has 1 unspecified atom stereocenters. The van der Waals surface area contributed by atoms with E-state index >= 15 is 0 Å². The van der Waals surface area contributed by atoms with E-state index in [1.165, 1.54) is 6.92 Å². The number of hydrogen-bond acceptors (Lipinski definition) is 4. The van der Waals surface area contributed by atoms with Gasteiger partial charge >= 0.3 is 12.3 Å². The zero-order valence-electron chi connectivity index (χ0n) is 10.1. The van der Waals surface area contributed by atoms with Crippen LogP contribution in [0.15, 0.2) is 12.3 Å². The average Bonchev–Trinajstić information content (AvgIpc) is 2.26. The molecule has 0 aliphatic carbocycles. The molecule has 0 saturated heterocycles.